The third kappa shape index (κ3) is 4.45. The van der Waals surface area contributed by atoms with E-state index in [0.29, 0.717) is 12.2 Å². The molecule has 6 nitrogen and oxygen atoms in total. The molecule has 0 radical (unpaired) electrons. The topological polar surface area (TPSA) is 67.9 Å². The van der Waals surface area contributed by atoms with E-state index in [4.69, 9.17) is 4.74 Å². The molecule has 8 heteroatoms. The van der Waals surface area contributed by atoms with E-state index in [1.54, 1.807) is 6.92 Å². The lowest BCUT2D eigenvalue weighted by Crippen LogP contribution is -2.41. The molecule has 1 unspecified atom stereocenters. The molecular formula is C17H22F2N2O4. The maximum Gasteiger partial charge on any atom is 0.387 e. The van der Waals surface area contributed by atoms with Crippen molar-refractivity contribution in [2.45, 2.75) is 38.8 Å². The SMILES string of the molecule is CCCCOCCN1C(=O)NC(C)(c2ccc(OC(F)F)cc2)C1=O. The summed E-state index contributed by atoms with van der Waals surface area (Å²) in [4.78, 5) is 25.9. The molecule has 1 atom stereocenters. The van der Waals surface area contributed by atoms with Crippen molar-refractivity contribution < 1.29 is 27.8 Å². The van der Waals surface area contributed by atoms with Crippen molar-refractivity contribution in [1.29, 1.82) is 0 Å². The number of carbonyl (C=O) groups is 2. The highest BCUT2D eigenvalue weighted by atomic mass is 19.3. The molecule has 3 amide bonds. The van der Waals surface area contributed by atoms with Crippen molar-refractivity contribution in [3.63, 3.8) is 0 Å². The summed E-state index contributed by atoms with van der Waals surface area (Å²) in [5, 5.41) is 2.65. The first-order chi connectivity index (χ1) is 11.9. The lowest BCUT2D eigenvalue weighted by atomic mass is 9.92. The van der Waals surface area contributed by atoms with Crippen LogP contribution in [0.5, 0.6) is 5.75 Å². The first-order valence-electron chi connectivity index (χ1n) is 8.15. The molecular weight excluding hydrogens is 334 g/mol. The van der Waals surface area contributed by atoms with Gasteiger partial charge >= 0.3 is 12.6 Å². The molecule has 1 heterocycles. The number of halogens is 2. The molecule has 1 aliphatic rings. The van der Waals surface area contributed by atoms with E-state index in [2.05, 4.69) is 10.1 Å². The van der Waals surface area contributed by atoms with Crippen molar-refractivity contribution >= 4 is 11.9 Å². The summed E-state index contributed by atoms with van der Waals surface area (Å²) < 4.78 is 34.1. The molecule has 1 aliphatic heterocycles. The second-order valence-corrected chi connectivity index (χ2v) is 5.88. The summed E-state index contributed by atoms with van der Waals surface area (Å²) in [5.74, 6) is -0.417. The average Bonchev–Trinajstić information content (AvgIpc) is 2.78. The quantitative estimate of drug-likeness (QED) is 0.546. The summed E-state index contributed by atoms with van der Waals surface area (Å²) in [6.07, 6.45) is 1.93. The van der Waals surface area contributed by atoms with Gasteiger partial charge in [-0.3, -0.25) is 9.69 Å². The lowest BCUT2D eigenvalue weighted by molar-refractivity contribution is -0.131. The van der Waals surface area contributed by atoms with Gasteiger partial charge in [0.25, 0.3) is 5.91 Å². The van der Waals surface area contributed by atoms with Crippen molar-refractivity contribution in [1.82, 2.24) is 10.2 Å². The van der Waals surface area contributed by atoms with E-state index in [9.17, 15) is 18.4 Å². The molecule has 0 aromatic heterocycles. The Morgan fingerprint density at radius 2 is 1.88 bits per heavy atom. The summed E-state index contributed by atoms with van der Waals surface area (Å²) in [6.45, 7) is 1.73. The number of benzene rings is 1. The van der Waals surface area contributed by atoms with Gasteiger partial charge in [-0.05, 0) is 31.0 Å². The number of imide groups is 1. The van der Waals surface area contributed by atoms with E-state index < -0.39 is 24.1 Å². The monoisotopic (exact) mass is 356 g/mol. The van der Waals surface area contributed by atoms with Crippen molar-refractivity contribution in [3.05, 3.63) is 29.8 Å². The molecule has 0 spiro atoms. The second kappa shape index (κ2) is 8.24. The highest BCUT2D eigenvalue weighted by molar-refractivity contribution is 6.07. The predicted molar refractivity (Wildman–Crippen MR) is 86.4 cm³/mol. The zero-order chi connectivity index (χ0) is 18.4. The Morgan fingerprint density at radius 3 is 2.48 bits per heavy atom. The summed E-state index contributed by atoms with van der Waals surface area (Å²) >= 11 is 0. The Bertz CT molecular complexity index is 609. The molecule has 25 heavy (non-hydrogen) atoms. The highest BCUT2D eigenvalue weighted by Crippen LogP contribution is 2.30. The molecule has 1 aromatic carbocycles. The van der Waals surface area contributed by atoms with Gasteiger partial charge in [0.2, 0.25) is 0 Å². The minimum Gasteiger partial charge on any atom is -0.435 e. The van der Waals surface area contributed by atoms with Gasteiger partial charge in [-0.2, -0.15) is 8.78 Å². The Balaban J connectivity index is 2.03. The van der Waals surface area contributed by atoms with Crippen LogP contribution >= 0.6 is 0 Å². The lowest BCUT2D eigenvalue weighted by Gasteiger charge is -2.22. The zero-order valence-corrected chi connectivity index (χ0v) is 14.3. The van der Waals surface area contributed by atoms with Crippen LogP contribution in [0.3, 0.4) is 0 Å². The highest BCUT2D eigenvalue weighted by Gasteiger charge is 2.48. The second-order valence-electron chi connectivity index (χ2n) is 5.88. The standard InChI is InChI=1S/C17H22F2N2O4/c1-3-4-10-24-11-9-21-14(22)17(2,20-16(21)23)12-5-7-13(8-6-12)25-15(18)19/h5-8,15H,3-4,9-11H2,1-2H3,(H,20,23). The molecule has 0 aliphatic carbocycles. The van der Waals surface area contributed by atoms with Crippen LogP contribution in [0.25, 0.3) is 0 Å². The minimum absolute atomic E-state index is 0.0136. The number of ether oxygens (including phenoxy) is 2. The van der Waals surface area contributed by atoms with Gasteiger partial charge < -0.3 is 14.8 Å². The zero-order valence-electron chi connectivity index (χ0n) is 14.3. The minimum atomic E-state index is -2.92. The fraction of sp³-hybridized carbons (Fsp3) is 0.529. The molecule has 1 fully saturated rings. The van der Waals surface area contributed by atoms with Gasteiger partial charge in [-0.25, -0.2) is 4.79 Å². The van der Waals surface area contributed by atoms with E-state index >= 15 is 0 Å². The molecule has 0 saturated carbocycles. The van der Waals surface area contributed by atoms with Crippen LogP contribution in [-0.2, 0) is 15.1 Å². The number of hydrogen-bond donors (Lipinski definition) is 1. The number of amides is 3. The van der Waals surface area contributed by atoms with Gasteiger partial charge in [0, 0.05) is 6.61 Å². The van der Waals surface area contributed by atoms with Crippen LogP contribution < -0.4 is 10.1 Å². The van der Waals surface area contributed by atoms with Gasteiger partial charge in [-0.1, -0.05) is 25.5 Å². The summed E-state index contributed by atoms with van der Waals surface area (Å²) in [6, 6.07) is 5.14. The van der Waals surface area contributed by atoms with Crippen LogP contribution in [0.1, 0.15) is 32.3 Å². The predicted octanol–water partition coefficient (Wildman–Crippen LogP) is 2.87. The molecule has 1 N–H and O–H groups in total. The largest absolute Gasteiger partial charge is 0.435 e. The third-order valence-electron chi connectivity index (χ3n) is 4.03. The summed E-state index contributed by atoms with van der Waals surface area (Å²) in [5.41, 5.74) is -0.758. The molecule has 1 saturated heterocycles. The summed E-state index contributed by atoms with van der Waals surface area (Å²) in [7, 11) is 0. The van der Waals surface area contributed by atoms with Gasteiger partial charge in [0.15, 0.2) is 0 Å². The Kier molecular flexibility index (Phi) is 6.30. The van der Waals surface area contributed by atoms with Crippen molar-refractivity contribution in [2.75, 3.05) is 19.8 Å². The molecule has 0 bridgehead atoms. The fourth-order valence-corrected chi connectivity index (χ4v) is 2.57. The smallest absolute Gasteiger partial charge is 0.387 e. The van der Waals surface area contributed by atoms with Crippen LogP contribution in [0.15, 0.2) is 24.3 Å². The first-order valence-corrected chi connectivity index (χ1v) is 8.15. The van der Waals surface area contributed by atoms with E-state index in [1.807, 2.05) is 6.92 Å². The van der Waals surface area contributed by atoms with E-state index in [-0.39, 0.29) is 18.9 Å². The van der Waals surface area contributed by atoms with Gasteiger partial charge in [-0.15, -0.1) is 0 Å². The van der Waals surface area contributed by atoms with Gasteiger partial charge in [0.1, 0.15) is 11.3 Å². The van der Waals surface area contributed by atoms with Crippen LogP contribution in [-0.4, -0.2) is 43.2 Å². The number of rotatable bonds is 9. The number of unbranched alkanes of at least 4 members (excludes halogenated alkanes) is 1. The number of urea groups is 1. The number of alkyl halides is 2. The number of nitrogens with one attached hydrogen (secondary N) is 1. The van der Waals surface area contributed by atoms with E-state index in [1.165, 1.54) is 24.3 Å². The fourth-order valence-electron chi connectivity index (χ4n) is 2.57. The Morgan fingerprint density at radius 1 is 1.20 bits per heavy atom. The van der Waals surface area contributed by atoms with Crippen molar-refractivity contribution in [3.8, 4) is 5.75 Å². The number of hydrogen-bond acceptors (Lipinski definition) is 4. The van der Waals surface area contributed by atoms with Crippen LogP contribution in [0.4, 0.5) is 13.6 Å². The Labute approximate surface area is 145 Å². The van der Waals surface area contributed by atoms with Crippen LogP contribution in [0.2, 0.25) is 0 Å². The average molecular weight is 356 g/mol. The van der Waals surface area contributed by atoms with E-state index in [0.717, 1.165) is 17.7 Å². The number of carbonyl (C=O) groups excluding carboxylic acids is 2. The molecule has 2 rings (SSSR count). The third-order valence-corrected chi connectivity index (χ3v) is 4.03. The van der Waals surface area contributed by atoms with Crippen molar-refractivity contribution in [2.24, 2.45) is 0 Å². The Hall–Kier alpha value is -2.22. The maximum absolute atomic E-state index is 12.7. The van der Waals surface area contributed by atoms with Crippen LogP contribution in [0, 0.1) is 0 Å². The first kappa shape index (κ1) is 19.1. The van der Waals surface area contributed by atoms with Gasteiger partial charge in [0.05, 0.1) is 13.2 Å². The molecule has 1 aromatic rings. The normalized spacial score (nSPS) is 20.3. The number of nitrogens with zero attached hydrogens (tertiary/aromatic N) is 1. The maximum atomic E-state index is 12.7. The molecule has 138 valence electrons.